The summed E-state index contributed by atoms with van der Waals surface area (Å²) in [5.41, 5.74) is -9.08. The molecule has 72 heavy (non-hydrogen) atoms. The number of pyridine rings is 1. The van der Waals surface area contributed by atoms with Crippen molar-refractivity contribution in [3.05, 3.63) is 192 Å². The predicted octanol–water partition coefficient (Wildman–Crippen LogP) is 18.2. The van der Waals surface area contributed by atoms with Crippen LogP contribution in [0.15, 0.2) is 158 Å². The fourth-order valence-electron chi connectivity index (χ4n) is 8.78. The van der Waals surface area contributed by atoms with Crippen molar-refractivity contribution in [1.29, 1.82) is 0 Å². The SMILES string of the molecule is [2H]c1cnc(-c2[c-]c(-c3cccc4c3nc(-c3cc(C(C([2H])([2H])[2H])(C([2H])([2H])[2H])C([2H])([2H])[2H])cc(C(C([2H])([2H])[2H])(C([2H])([2H])[2H])C([2H])([2H])[2H])c3O)n4-c3ccc(C(C)(C)C)cc3-c3ccccc3)cc(C(C)(C)C)c2)c([2H])c1-c1ccc(-c2ccccc2C([2H])(C([2H])([2H])[2H])C([2H])([2H])[2H])cc1.[Pt]. The first-order chi connectivity index (χ1) is 44.6. The average molecular weight is 1160 g/mol. The van der Waals surface area contributed by atoms with E-state index in [9.17, 15) is 6.48 Å². The first-order valence-corrected chi connectivity index (χ1v) is 23.0. The molecule has 0 amide bonds. The van der Waals surface area contributed by atoms with E-state index in [0.717, 1.165) is 5.56 Å². The molecule has 2 heterocycles. The average Bonchev–Trinajstić information content (AvgIpc) is 1.15. The Balaban J connectivity index is 0.0000125. The van der Waals surface area contributed by atoms with E-state index in [-0.39, 0.29) is 95.0 Å². The number of aromatic hydroxyl groups is 1. The van der Waals surface area contributed by atoms with Crippen molar-refractivity contribution in [3.63, 3.8) is 0 Å². The molecule has 9 rings (SSSR count). The van der Waals surface area contributed by atoms with Gasteiger partial charge >= 0.3 is 0 Å². The van der Waals surface area contributed by atoms with E-state index in [4.69, 9.17) is 40.6 Å². The van der Waals surface area contributed by atoms with Crippen molar-refractivity contribution in [1.82, 2.24) is 14.5 Å². The fourth-order valence-corrected chi connectivity index (χ4v) is 8.78. The van der Waals surface area contributed by atoms with E-state index in [2.05, 4.69) is 11.1 Å². The van der Waals surface area contributed by atoms with Crippen molar-refractivity contribution in [2.75, 3.05) is 0 Å². The zero-order chi connectivity index (χ0) is 73.4. The van der Waals surface area contributed by atoms with Crippen LogP contribution in [0, 0.1) is 6.07 Å². The maximum atomic E-state index is 13.2. The number of para-hydroxylation sites is 1. The number of phenols is 1. The van der Waals surface area contributed by atoms with E-state index >= 15 is 0 Å². The van der Waals surface area contributed by atoms with Gasteiger partial charge < -0.3 is 5.11 Å². The monoisotopic (exact) mass is 1150 g/mol. The molecule has 9 aromatic rings. The van der Waals surface area contributed by atoms with Gasteiger partial charge in [-0.05, 0) is 102 Å². The van der Waals surface area contributed by atoms with Crippen molar-refractivity contribution in [2.24, 2.45) is 0 Å². The smallest absolute Gasteiger partial charge is 0.148 e. The molecule has 0 saturated heterocycles. The molecule has 5 heteroatoms. The van der Waals surface area contributed by atoms with E-state index in [0.29, 0.717) is 33.9 Å². The Bertz CT molecular complexity index is 4430. The number of hydrogen-bond acceptors (Lipinski definition) is 3. The summed E-state index contributed by atoms with van der Waals surface area (Å²) >= 11 is 0. The Hall–Kier alpha value is -6.35. The van der Waals surface area contributed by atoms with Gasteiger partial charge in [-0.25, -0.2) is 4.98 Å². The maximum Gasteiger partial charge on any atom is 0.148 e. The summed E-state index contributed by atoms with van der Waals surface area (Å²) in [6, 6.07) is 38.5. The number of benzene rings is 7. The molecule has 0 atom stereocenters. The molecule has 0 aliphatic rings. The number of aromatic nitrogens is 3. The number of nitrogens with zero attached hydrogens (tertiary/aromatic N) is 3. The normalized spacial score (nSPS) is 19.4. The van der Waals surface area contributed by atoms with Gasteiger partial charge in [0.05, 0.1) is 25.0 Å². The number of rotatable bonds is 8. The molecule has 4 nitrogen and oxygen atoms in total. The Morgan fingerprint density at radius 1 is 0.583 bits per heavy atom. The largest absolute Gasteiger partial charge is 0.507 e. The topological polar surface area (TPSA) is 50.9 Å². The second-order valence-corrected chi connectivity index (χ2v) is 19.9. The van der Waals surface area contributed by atoms with Crippen molar-refractivity contribution < 1.29 is 63.2 Å². The molecule has 2 aromatic heterocycles. The second-order valence-electron chi connectivity index (χ2n) is 19.9. The van der Waals surface area contributed by atoms with Gasteiger partial charge in [0.15, 0.2) is 0 Å². The molecule has 7 aromatic carbocycles. The van der Waals surface area contributed by atoms with Crippen LogP contribution in [-0.4, -0.2) is 19.6 Å². The first-order valence-electron chi connectivity index (χ1n) is 36.5. The van der Waals surface area contributed by atoms with Gasteiger partial charge in [-0.3, -0.25) is 9.55 Å². The molecule has 0 bridgehead atoms. The minimum Gasteiger partial charge on any atom is -0.507 e. The molecule has 0 aliphatic heterocycles. The summed E-state index contributed by atoms with van der Waals surface area (Å²) in [5.74, 6) is -5.00. The standard InChI is InChI=1S/C67H70N3O.Pt/c1-42(2)52-23-18-19-24-53(52)45-29-27-43(28-30-45)46-33-34-68-58(38-46)48-35-47(36-50(37-48)65(6,7)8)54-25-20-26-60-61(54)69-63(56-40-51(66(9,10)11)41-57(62(56)71)67(12,13)14)70(60)59-32-31-49(64(3,4)5)39-55(59)44-21-16-15-17-22-44;/h15-34,36-42,71H,1-14H3;/q-1;/i1D3,2D3,9D3,10D3,11D3,12D3,13D3,14D3,33D,38D,42D;. The fraction of sp³-hybridized carbons (Fsp3) is 0.284. The van der Waals surface area contributed by atoms with Crippen LogP contribution < -0.4 is 0 Å². The molecule has 0 saturated carbocycles. The van der Waals surface area contributed by atoms with Gasteiger partial charge in [0, 0.05) is 78.4 Å². The van der Waals surface area contributed by atoms with Crippen LogP contribution >= 0.6 is 0 Å². The van der Waals surface area contributed by atoms with Crippen LogP contribution in [-0.2, 0) is 42.7 Å². The van der Waals surface area contributed by atoms with E-state index in [1.807, 2.05) is 47.6 Å². The molecular formula is C67H70N3OPt-. The number of hydrogen-bond donors (Lipinski definition) is 1. The van der Waals surface area contributed by atoms with Gasteiger partial charge in [0.2, 0.25) is 0 Å². The number of fused-ring (bicyclic) bond motifs is 1. The minimum atomic E-state index is -4.23. The summed E-state index contributed by atoms with van der Waals surface area (Å²) < 4.78 is 237. The van der Waals surface area contributed by atoms with Crippen molar-refractivity contribution in [2.45, 2.75) is 124 Å². The van der Waals surface area contributed by atoms with Crippen molar-refractivity contribution in [3.8, 4) is 78.6 Å². The second kappa shape index (κ2) is 19.6. The zero-order valence-electron chi connectivity index (χ0n) is 67.5. The quantitative estimate of drug-likeness (QED) is 0.154. The number of imidazole rings is 1. The Kier molecular flexibility index (Phi) is 7.51. The zero-order valence-corrected chi connectivity index (χ0v) is 42.7. The summed E-state index contributed by atoms with van der Waals surface area (Å²) in [4.78, 5) is 9.78. The third-order valence-corrected chi connectivity index (χ3v) is 12.7. The predicted molar refractivity (Wildman–Crippen MR) is 301 cm³/mol. The molecule has 0 aliphatic carbocycles. The Morgan fingerprint density at radius 3 is 1.90 bits per heavy atom. The summed E-state index contributed by atoms with van der Waals surface area (Å²) in [7, 11) is 0. The van der Waals surface area contributed by atoms with Crippen LogP contribution in [0.1, 0.15) is 167 Å². The molecular weight excluding hydrogens is 1060 g/mol. The van der Waals surface area contributed by atoms with Gasteiger partial charge in [-0.2, -0.15) is 0 Å². The Morgan fingerprint density at radius 2 is 1.21 bits per heavy atom. The van der Waals surface area contributed by atoms with Crippen LogP contribution in [0.4, 0.5) is 0 Å². The van der Waals surface area contributed by atoms with Crippen LogP contribution in [0.3, 0.4) is 0 Å². The molecule has 0 radical (unpaired) electrons. The van der Waals surface area contributed by atoms with Crippen molar-refractivity contribution >= 4 is 11.0 Å². The summed E-state index contributed by atoms with van der Waals surface area (Å²) in [6.07, 6.45) is 1.24. The third kappa shape index (κ3) is 10.3. The van der Waals surface area contributed by atoms with Crippen LogP contribution in [0.5, 0.6) is 5.75 Å². The van der Waals surface area contributed by atoms with Gasteiger partial charge in [-0.1, -0.05) is 217 Å². The summed E-state index contributed by atoms with van der Waals surface area (Å²) in [5, 5.41) is 13.2. The molecule has 0 fully saturated rings. The van der Waals surface area contributed by atoms with E-state index < -0.39 is 111 Å². The van der Waals surface area contributed by atoms with Gasteiger partial charge in [0.25, 0.3) is 0 Å². The van der Waals surface area contributed by atoms with Gasteiger partial charge in [0.1, 0.15) is 11.6 Å². The molecule has 0 spiro atoms. The Labute approximate surface area is 481 Å². The van der Waals surface area contributed by atoms with Crippen LogP contribution in [0.25, 0.3) is 83.9 Å². The number of phenolic OH excluding ortho intramolecular Hbond substituents is 1. The molecule has 1 N–H and O–H groups in total. The van der Waals surface area contributed by atoms with E-state index in [1.165, 1.54) is 29.0 Å². The van der Waals surface area contributed by atoms with E-state index in [1.54, 1.807) is 103 Å². The minimum absolute atomic E-state index is 0. The van der Waals surface area contributed by atoms with Crippen LogP contribution in [0.2, 0.25) is 0 Å². The maximum absolute atomic E-state index is 13.2. The third-order valence-electron chi connectivity index (χ3n) is 12.7. The molecule has 0 unspecified atom stereocenters. The summed E-state index contributed by atoms with van der Waals surface area (Å²) in [6.45, 7) is -20.0. The first kappa shape index (κ1) is 27.6. The molecule has 370 valence electrons. The van der Waals surface area contributed by atoms with Gasteiger partial charge in [-0.15, -0.1) is 29.3 Å².